The number of hydrogen-bond donors (Lipinski definition) is 1. The third-order valence-corrected chi connectivity index (χ3v) is 5.33. The van der Waals surface area contributed by atoms with E-state index >= 15 is 0 Å². The molecule has 1 spiro atoms. The van der Waals surface area contributed by atoms with E-state index in [0.29, 0.717) is 19.5 Å². The minimum Gasteiger partial charge on any atom is -0.345 e. The highest BCUT2D eigenvalue weighted by Crippen LogP contribution is 2.39. The van der Waals surface area contributed by atoms with Crippen LogP contribution in [0.2, 0.25) is 0 Å². The van der Waals surface area contributed by atoms with Gasteiger partial charge in [-0.15, -0.1) is 0 Å². The lowest BCUT2D eigenvalue weighted by Crippen LogP contribution is -2.48. The van der Waals surface area contributed by atoms with E-state index in [0.717, 1.165) is 19.4 Å². The van der Waals surface area contributed by atoms with Crippen molar-refractivity contribution in [2.45, 2.75) is 32.1 Å². The maximum absolute atomic E-state index is 12.4. The van der Waals surface area contributed by atoms with Crippen molar-refractivity contribution in [3.05, 3.63) is 0 Å². The van der Waals surface area contributed by atoms with Gasteiger partial charge >= 0.3 is 0 Å². The van der Waals surface area contributed by atoms with Crippen molar-refractivity contribution in [1.82, 2.24) is 9.80 Å². The van der Waals surface area contributed by atoms with Crippen LogP contribution < -0.4 is 5.14 Å². The average Bonchev–Trinajstić information content (AvgIpc) is 2.80. The van der Waals surface area contributed by atoms with Crippen molar-refractivity contribution in [1.29, 1.82) is 0 Å². The van der Waals surface area contributed by atoms with Gasteiger partial charge in [0.2, 0.25) is 21.8 Å². The van der Waals surface area contributed by atoms with Crippen molar-refractivity contribution >= 4 is 21.8 Å². The molecule has 0 unspecified atom stereocenters. The van der Waals surface area contributed by atoms with Crippen LogP contribution in [0.4, 0.5) is 0 Å². The summed E-state index contributed by atoms with van der Waals surface area (Å²) in [5.41, 5.74) is -0.414. The van der Waals surface area contributed by atoms with E-state index in [2.05, 4.69) is 0 Å². The Kier molecular flexibility index (Phi) is 4.57. The van der Waals surface area contributed by atoms with E-state index in [1.807, 2.05) is 0 Å². The lowest BCUT2D eigenvalue weighted by atomic mass is 9.78. The molecule has 0 aromatic carbocycles. The SMILES string of the molecule is CN1CCC[C@@]2(CCN(C(=O)CCCS(N)(=O)=O)C2)C1=O. The number of rotatable bonds is 4. The molecule has 120 valence electrons. The molecule has 2 aliphatic rings. The molecule has 2 aliphatic heterocycles. The molecule has 8 heteroatoms. The fourth-order valence-corrected chi connectivity index (χ4v) is 3.86. The molecule has 2 N–H and O–H groups in total. The zero-order chi connectivity index (χ0) is 15.7. The minimum atomic E-state index is -3.52. The number of likely N-dealkylation sites (tertiary alicyclic amines) is 2. The molecule has 1 atom stereocenters. The Morgan fingerprint density at radius 2 is 2.05 bits per heavy atom. The largest absolute Gasteiger partial charge is 0.345 e. The Labute approximate surface area is 125 Å². The van der Waals surface area contributed by atoms with E-state index in [-0.39, 0.29) is 30.4 Å². The molecule has 0 radical (unpaired) electrons. The molecule has 0 aromatic rings. The number of hydrogen-bond acceptors (Lipinski definition) is 4. The Morgan fingerprint density at radius 1 is 1.33 bits per heavy atom. The van der Waals surface area contributed by atoms with E-state index in [4.69, 9.17) is 5.14 Å². The van der Waals surface area contributed by atoms with Crippen molar-refractivity contribution < 1.29 is 18.0 Å². The highest BCUT2D eigenvalue weighted by Gasteiger charge is 2.48. The summed E-state index contributed by atoms with van der Waals surface area (Å²) >= 11 is 0. The lowest BCUT2D eigenvalue weighted by molar-refractivity contribution is -0.144. The molecule has 2 saturated heterocycles. The van der Waals surface area contributed by atoms with Crippen molar-refractivity contribution in [2.75, 3.05) is 32.4 Å². The van der Waals surface area contributed by atoms with E-state index < -0.39 is 15.4 Å². The molecule has 0 bridgehead atoms. The second-order valence-corrected chi connectivity index (χ2v) is 7.88. The van der Waals surface area contributed by atoms with Crippen molar-refractivity contribution in [3.63, 3.8) is 0 Å². The van der Waals surface area contributed by atoms with Gasteiger partial charge in [0.15, 0.2) is 0 Å². The van der Waals surface area contributed by atoms with E-state index in [1.54, 1.807) is 16.8 Å². The number of piperidine rings is 1. The van der Waals surface area contributed by atoms with Crippen LogP contribution >= 0.6 is 0 Å². The number of sulfonamides is 1. The normalized spacial score (nSPS) is 26.7. The van der Waals surface area contributed by atoms with Gasteiger partial charge in [-0.2, -0.15) is 0 Å². The second kappa shape index (κ2) is 5.92. The zero-order valence-electron chi connectivity index (χ0n) is 12.4. The van der Waals surface area contributed by atoms with Gasteiger partial charge in [-0.05, 0) is 25.7 Å². The van der Waals surface area contributed by atoms with Crippen LogP contribution in [-0.2, 0) is 19.6 Å². The number of nitrogens with two attached hydrogens (primary N) is 1. The van der Waals surface area contributed by atoms with Crippen LogP contribution in [0.5, 0.6) is 0 Å². The summed E-state index contributed by atoms with van der Waals surface area (Å²) in [6, 6.07) is 0. The van der Waals surface area contributed by atoms with Crippen LogP contribution in [0.25, 0.3) is 0 Å². The third-order valence-electron chi connectivity index (χ3n) is 4.48. The standard InChI is InChI=1S/C13H23N3O4S/c1-15-7-3-5-13(12(15)18)6-8-16(10-13)11(17)4-2-9-21(14,19)20/h2-10H2,1H3,(H2,14,19,20)/t13-/m0/s1. The van der Waals surface area contributed by atoms with Crippen LogP contribution in [-0.4, -0.2) is 62.5 Å². The first kappa shape index (κ1) is 16.2. The Balaban J connectivity index is 1.90. The predicted molar refractivity (Wildman–Crippen MR) is 77.7 cm³/mol. The van der Waals surface area contributed by atoms with Gasteiger partial charge in [-0.25, -0.2) is 13.6 Å². The molecule has 21 heavy (non-hydrogen) atoms. The van der Waals surface area contributed by atoms with E-state index in [9.17, 15) is 18.0 Å². The fourth-order valence-electron chi connectivity index (χ4n) is 3.31. The predicted octanol–water partition coefficient (Wildman–Crippen LogP) is -0.474. The molecule has 0 aromatic heterocycles. The lowest BCUT2D eigenvalue weighted by Gasteiger charge is -2.37. The highest BCUT2D eigenvalue weighted by atomic mass is 32.2. The Morgan fingerprint density at radius 3 is 2.71 bits per heavy atom. The van der Waals surface area contributed by atoms with Gasteiger partial charge < -0.3 is 9.80 Å². The number of primary sulfonamides is 1. The minimum absolute atomic E-state index is 0.0865. The second-order valence-electron chi connectivity index (χ2n) is 6.15. The summed E-state index contributed by atoms with van der Waals surface area (Å²) in [4.78, 5) is 27.9. The number of carbonyl (C=O) groups is 2. The van der Waals surface area contributed by atoms with Crippen molar-refractivity contribution in [2.24, 2.45) is 10.6 Å². The van der Waals surface area contributed by atoms with Crippen LogP contribution in [0.15, 0.2) is 0 Å². The molecule has 2 rings (SSSR count). The van der Waals surface area contributed by atoms with Gasteiger partial charge in [0.05, 0.1) is 11.2 Å². The number of nitrogens with zero attached hydrogens (tertiary/aromatic N) is 2. The fraction of sp³-hybridized carbons (Fsp3) is 0.846. The first-order valence-electron chi connectivity index (χ1n) is 7.27. The maximum Gasteiger partial charge on any atom is 0.230 e. The molecular formula is C13H23N3O4S. The molecule has 0 aliphatic carbocycles. The molecule has 7 nitrogen and oxygen atoms in total. The van der Waals surface area contributed by atoms with Gasteiger partial charge in [-0.3, -0.25) is 9.59 Å². The zero-order valence-corrected chi connectivity index (χ0v) is 13.2. The summed E-state index contributed by atoms with van der Waals surface area (Å²) in [5.74, 6) is -0.135. The Hall–Kier alpha value is -1.15. The first-order chi connectivity index (χ1) is 9.73. The quantitative estimate of drug-likeness (QED) is 0.757. The smallest absolute Gasteiger partial charge is 0.230 e. The third kappa shape index (κ3) is 3.74. The summed E-state index contributed by atoms with van der Waals surface area (Å²) in [6.07, 6.45) is 2.90. The Bertz CT molecular complexity index is 534. The van der Waals surface area contributed by atoms with E-state index in [1.165, 1.54) is 0 Å². The van der Waals surface area contributed by atoms with Gasteiger partial charge in [0.1, 0.15) is 0 Å². The summed E-state index contributed by atoms with van der Waals surface area (Å²) in [7, 11) is -1.71. The molecule has 2 amide bonds. The van der Waals surface area contributed by atoms with Crippen LogP contribution in [0, 0.1) is 5.41 Å². The molecule has 2 heterocycles. The molecule has 0 saturated carbocycles. The summed E-state index contributed by atoms with van der Waals surface area (Å²) < 4.78 is 21.7. The molecule has 2 fully saturated rings. The summed E-state index contributed by atoms with van der Waals surface area (Å²) in [5, 5.41) is 4.92. The van der Waals surface area contributed by atoms with Gasteiger partial charge in [0, 0.05) is 33.1 Å². The number of amides is 2. The van der Waals surface area contributed by atoms with Gasteiger partial charge in [-0.1, -0.05) is 0 Å². The van der Waals surface area contributed by atoms with Crippen LogP contribution in [0.1, 0.15) is 32.1 Å². The molecular weight excluding hydrogens is 294 g/mol. The maximum atomic E-state index is 12.4. The topological polar surface area (TPSA) is 101 Å². The summed E-state index contributed by atoms with van der Waals surface area (Å²) in [6.45, 7) is 1.82. The van der Waals surface area contributed by atoms with Crippen molar-refractivity contribution in [3.8, 4) is 0 Å². The number of carbonyl (C=O) groups excluding carboxylic acids is 2. The average molecular weight is 317 g/mol. The first-order valence-corrected chi connectivity index (χ1v) is 8.99. The monoisotopic (exact) mass is 317 g/mol. The van der Waals surface area contributed by atoms with Crippen LogP contribution in [0.3, 0.4) is 0 Å². The highest BCUT2D eigenvalue weighted by molar-refractivity contribution is 7.89. The van der Waals surface area contributed by atoms with Gasteiger partial charge in [0.25, 0.3) is 0 Å².